The summed E-state index contributed by atoms with van der Waals surface area (Å²) in [5, 5.41) is 0. The highest BCUT2D eigenvalue weighted by molar-refractivity contribution is 5.71. The lowest BCUT2D eigenvalue weighted by atomic mass is 10.0. The van der Waals surface area contributed by atoms with E-state index in [0.29, 0.717) is 19.3 Å². The first kappa shape index (κ1) is 62.9. The number of unbranched alkanes of at least 4 members (excludes halogenated alkanes) is 38. The number of allylic oxidation sites excluding steroid dienone is 4. The number of carbonyl (C=O) groups is 3. The largest absolute Gasteiger partial charge is 0.462 e. The smallest absolute Gasteiger partial charge is 0.306 e. The van der Waals surface area contributed by atoms with Gasteiger partial charge >= 0.3 is 17.9 Å². The summed E-state index contributed by atoms with van der Waals surface area (Å²) in [5.41, 5.74) is 0. The molecule has 0 aromatic rings. The maximum Gasteiger partial charge on any atom is 0.306 e. The average molecular weight is 916 g/mol. The van der Waals surface area contributed by atoms with E-state index in [4.69, 9.17) is 14.2 Å². The van der Waals surface area contributed by atoms with Crippen molar-refractivity contribution in [1.82, 2.24) is 0 Å². The second-order valence-corrected chi connectivity index (χ2v) is 19.6. The number of hydrogen-bond donors (Lipinski definition) is 0. The summed E-state index contributed by atoms with van der Waals surface area (Å²) >= 11 is 0. The van der Waals surface area contributed by atoms with Crippen molar-refractivity contribution >= 4 is 17.9 Å². The minimum Gasteiger partial charge on any atom is -0.462 e. The number of hydrogen-bond acceptors (Lipinski definition) is 6. The molecule has 0 radical (unpaired) electrons. The first-order valence-corrected chi connectivity index (χ1v) is 28.8. The maximum atomic E-state index is 12.8. The van der Waals surface area contributed by atoms with Gasteiger partial charge in [0.1, 0.15) is 13.2 Å². The Labute approximate surface area is 404 Å². The standard InChI is InChI=1S/C59H110O6/c1-4-7-10-13-16-19-22-25-27-29-31-32-34-37-40-43-46-49-52-58(61)64-55-56(54-63-57(60)51-48-45-42-39-36-24-21-18-15-12-9-6-3)65-59(62)53-50-47-44-41-38-35-33-30-28-26-23-20-17-14-11-8-5-2/h17,20,26,28,56H,4-16,18-19,21-25,27,29-55H2,1-3H3/b20-17-,28-26-/t56-/m1/s1. The van der Waals surface area contributed by atoms with E-state index in [1.807, 2.05) is 0 Å². The van der Waals surface area contributed by atoms with E-state index in [1.165, 1.54) is 205 Å². The first-order chi connectivity index (χ1) is 32.0. The fourth-order valence-electron chi connectivity index (χ4n) is 8.59. The Morgan fingerprint density at radius 2 is 0.554 bits per heavy atom. The molecule has 0 fully saturated rings. The number of esters is 3. The molecule has 0 aliphatic carbocycles. The van der Waals surface area contributed by atoms with Gasteiger partial charge in [-0.15, -0.1) is 0 Å². The van der Waals surface area contributed by atoms with E-state index in [-0.39, 0.29) is 31.1 Å². The van der Waals surface area contributed by atoms with Crippen LogP contribution in [-0.2, 0) is 28.6 Å². The fourth-order valence-corrected chi connectivity index (χ4v) is 8.59. The highest BCUT2D eigenvalue weighted by Crippen LogP contribution is 2.17. The summed E-state index contributed by atoms with van der Waals surface area (Å²) in [6, 6.07) is 0. The number of carbonyl (C=O) groups excluding carboxylic acids is 3. The Bertz CT molecular complexity index is 1050. The molecule has 1 atom stereocenters. The van der Waals surface area contributed by atoms with Crippen LogP contribution in [0.25, 0.3) is 0 Å². The molecule has 0 amide bonds. The zero-order valence-corrected chi connectivity index (χ0v) is 43.8. The van der Waals surface area contributed by atoms with Crippen LogP contribution in [0.1, 0.15) is 316 Å². The van der Waals surface area contributed by atoms with Crippen LogP contribution >= 0.6 is 0 Å². The van der Waals surface area contributed by atoms with E-state index in [0.717, 1.165) is 70.6 Å². The third kappa shape index (κ3) is 52.7. The predicted octanol–water partition coefficient (Wildman–Crippen LogP) is 19.1. The molecule has 65 heavy (non-hydrogen) atoms. The molecule has 0 rings (SSSR count). The lowest BCUT2D eigenvalue weighted by molar-refractivity contribution is -0.167. The Balaban J connectivity index is 4.31. The first-order valence-electron chi connectivity index (χ1n) is 28.8. The molecular formula is C59H110O6. The normalized spacial score (nSPS) is 12.1. The number of rotatable bonds is 53. The Morgan fingerprint density at radius 1 is 0.308 bits per heavy atom. The Hall–Kier alpha value is -2.11. The van der Waals surface area contributed by atoms with Crippen LogP contribution in [-0.4, -0.2) is 37.2 Å². The summed E-state index contributed by atoms with van der Waals surface area (Å²) in [7, 11) is 0. The van der Waals surface area contributed by atoms with Crippen molar-refractivity contribution in [2.24, 2.45) is 0 Å². The van der Waals surface area contributed by atoms with Crippen molar-refractivity contribution in [2.45, 2.75) is 322 Å². The van der Waals surface area contributed by atoms with Crippen LogP contribution in [0.5, 0.6) is 0 Å². The van der Waals surface area contributed by atoms with Gasteiger partial charge < -0.3 is 14.2 Å². The summed E-state index contributed by atoms with van der Waals surface area (Å²) in [5.74, 6) is -0.856. The van der Waals surface area contributed by atoms with Crippen molar-refractivity contribution in [2.75, 3.05) is 13.2 Å². The van der Waals surface area contributed by atoms with Crippen LogP contribution in [0.3, 0.4) is 0 Å². The molecular weight excluding hydrogens is 805 g/mol. The summed E-state index contributed by atoms with van der Waals surface area (Å²) in [4.78, 5) is 38.1. The molecule has 0 aliphatic heterocycles. The van der Waals surface area contributed by atoms with Crippen molar-refractivity contribution in [3.8, 4) is 0 Å². The molecule has 6 nitrogen and oxygen atoms in total. The van der Waals surface area contributed by atoms with Crippen LogP contribution in [0.15, 0.2) is 24.3 Å². The quantitative estimate of drug-likeness (QED) is 0.0262. The predicted molar refractivity (Wildman–Crippen MR) is 279 cm³/mol. The van der Waals surface area contributed by atoms with Gasteiger partial charge in [0.2, 0.25) is 0 Å². The number of ether oxygens (including phenoxy) is 3. The molecule has 0 spiro atoms. The van der Waals surface area contributed by atoms with Crippen LogP contribution < -0.4 is 0 Å². The highest BCUT2D eigenvalue weighted by Gasteiger charge is 2.19. The van der Waals surface area contributed by atoms with Crippen molar-refractivity contribution in [1.29, 1.82) is 0 Å². The molecule has 0 aromatic carbocycles. The van der Waals surface area contributed by atoms with Crippen LogP contribution in [0.2, 0.25) is 0 Å². The third-order valence-electron chi connectivity index (χ3n) is 13.0. The highest BCUT2D eigenvalue weighted by atomic mass is 16.6. The van der Waals surface area contributed by atoms with Gasteiger partial charge in [0.15, 0.2) is 6.10 Å². The van der Waals surface area contributed by atoms with Crippen molar-refractivity contribution < 1.29 is 28.6 Å². The Morgan fingerprint density at radius 3 is 0.877 bits per heavy atom. The zero-order valence-electron chi connectivity index (χ0n) is 43.8. The fraction of sp³-hybridized carbons (Fsp3) is 0.881. The molecule has 0 unspecified atom stereocenters. The van der Waals surface area contributed by atoms with Crippen molar-refractivity contribution in [3.63, 3.8) is 0 Å². The molecule has 0 saturated carbocycles. The van der Waals surface area contributed by atoms with Crippen LogP contribution in [0.4, 0.5) is 0 Å². The minimum absolute atomic E-state index is 0.0690. The maximum absolute atomic E-state index is 12.8. The van der Waals surface area contributed by atoms with E-state index < -0.39 is 6.10 Å². The van der Waals surface area contributed by atoms with E-state index in [9.17, 15) is 14.4 Å². The lowest BCUT2D eigenvalue weighted by Crippen LogP contribution is -2.30. The second-order valence-electron chi connectivity index (χ2n) is 19.6. The van der Waals surface area contributed by atoms with Gasteiger partial charge in [-0.1, -0.05) is 270 Å². The van der Waals surface area contributed by atoms with Gasteiger partial charge in [0.25, 0.3) is 0 Å². The zero-order chi connectivity index (χ0) is 47.2. The third-order valence-corrected chi connectivity index (χ3v) is 13.0. The van der Waals surface area contributed by atoms with Gasteiger partial charge in [-0.25, -0.2) is 0 Å². The van der Waals surface area contributed by atoms with E-state index in [2.05, 4.69) is 45.1 Å². The van der Waals surface area contributed by atoms with Gasteiger partial charge in [-0.3, -0.25) is 14.4 Å². The molecule has 0 aliphatic rings. The van der Waals surface area contributed by atoms with Gasteiger partial charge in [0, 0.05) is 19.3 Å². The average Bonchev–Trinajstić information content (AvgIpc) is 3.30. The topological polar surface area (TPSA) is 78.9 Å². The van der Waals surface area contributed by atoms with Gasteiger partial charge in [0.05, 0.1) is 0 Å². The SMILES string of the molecule is CCCCC/C=C\C/C=C\CCCCCCCCCC(=O)O[C@H](COC(=O)CCCCCCCCCCCCCC)COC(=O)CCCCCCCCCCCCCCCCCCCC. The van der Waals surface area contributed by atoms with Gasteiger partial charge in [-0.05, 0) is 51.4 Å². The molecule has 0 bridgehead atoms. The molecule has 382 valence electrons. The van der Waals surface area contributed by atoms with Gasteiger partial charge in [-0.2, -0.15) is 0 Å². The summed E-state index contributed by atoms with van der Waals surface area (Å²) in [6.45, 7) is 6.65. The Kier molecular flexibility index (Phi) is 52.7. The lowest BCUT2D eigenvalue weighted by Gasteiger charge is -2.18. The summed E-state index contributed by atoms with van der Waals surface area (Å²) in [6.07, 6.45) is 63.1. The summed E-state index contributed by atoms with van der Waals surface area (Å²) < 4.78 is 16.9. The molecule has 0 heterocycles. The monoisotopic (exact) mass is 915 g/mol. The second kappa shape index (κ2) is 54.5. The molecule has 0 saturated heterocycles. The van der Waals surface area contributed by atoms with Crippen molar-refractivity contribution in [3.05, 3.63) is 24.3 Å². The molecule has 0 N–H and O–H groups in total. The van der Waals surface area contributed by atoms with Crippen LogP contribution in [0, 0.1) is 0 Å². The molecule has 6 heteroatoms. The minimum atomic E-state index is -0.770. The van der Waals surface area contributed by atoms with E-state index in [1.54, 1.807) is 0 Å². The van der Waals surface area contributed by atoms with E-state index >= 15 is 0 Å². The molecule has 0 aromatic heterocycles.